The summed E-state index contributed by atoms with van der Waals surface area (Å²) >= 11 is 3.08. The Morgan fingerprint density at radius 3 is 2.70 bits per heavy atom. The molecule has 0 bridgehead atoms. The molecule has 27 heavy (non-hydrogen) atoms. The van der Waals surface area contributed by atoms with Gasteiger partial charge in [0.15, 0.2) is 0 Å². The molecule has 0 aliphatic carbocycles. The normalized spacial score (nSPS) is 16.0. The van der Waals surface area contributed by atoms with Gasteiger partial charge in [-0.1, -0.05) is 18.2 Å². The zero-order valence-electron chi connectivity index (χ0n) is 14.8. The second-order valence-corrected chi connectivity index (χ2v) is 8.13. The van der Waals surface area contributed by atoms with Crippen LogP contribution in [-0.2, 0) is 9.59 Å². The Morgan fingerprint density at radius 2 is 2.00 bits per heavy atom. The summed E-state index contributed by atoms with van der Waals surface area (Å²) in [5.74, 6) is 1.19. The Bertz CT molecular complexity index is 878. The van der Waals surface area contributed by atoms with Gasteiger partial charge in [-0.25, -0.2) is 0 Å². The van der Waals surface area contributed by atoms with E-state index in [1.807, 2.05) is 37.3 Å². The number of nitrogens with one attached hydrogen (secondary N) is 1. The van der Waals surface area contributed by atoms with E-state index in [0.717, 1.165) is 10.5 Å². The summed E-state index contributed by atoms with van der Waals surface area (Å²) in [4.78, 5) is 28.0. The number of carbonyl (C=O) groups is 2. The molecule has 2 aromatic rings. The highest BCUT2D eigenvalue weighted by Gasteiger charge is 2.34. The van der Waals surface area contributed by atoms with Crippen LogP contribution in [0.25, 0.3) is 0 Å². The third-order valence-corrected chi connectivity index (χ3v) is 6.40. The lowest BCUT2D eigenvalue weighted by molar-refractivity contribution is -0.134. The lowest BCUT2D eigenvalue weighted by Gasteiger charge is -2.23. The van der Waals surface area contributed by atoms with Crippen LogP contribution in [0.5, 0.6) is 0 Å². The van der Waals surface area contributed by atoms with Crippen LogP contribution < -0.4 is 5.32 Å². The third kappa shape index (κ3) is 4.85. The van der Waals surface area contributed by atoms with Gasteiger partial charge in [-0.05, 0) is 42.8 Å². The number of thioether (sulfide) groups is 2. The van der Waals surface area contributed by atoms with E-state index in [-0.39, 0.29) is 11.8 Å². The zero-order valence-corrected chi connectivity index (χ0v) is 16.5. The number of nitrogens with zero attached hydrogens (tertiary/aromatic N) is 2. The lowest BCUT2D eigenvalue weighted by Crippen LogP contribution is -2.45. The highest BCUT2D eigenvalue weighted by Crippen LogP contribution is 2.26. The van der Waals surface area contributed by atoms with Crippen molar-refractivity contribution in [2.24, 2.45) is 0 Å². The van der Waals surface area contributed by atoms with E-state index < -0.39 is 6.04 Å². The highest BCUT2D eigenvalue weighted by molar-refractivity contribution is 8.00. The summed E-state index contributed by atoms with van der Waals surface area (Å²) in [6, 6.07) is 16.2. The fraction of sp³-hybridized carbons (Fsp3) is 0.250. The number of rotatable bonds is 5. The van der Waals surface area contributed by atoms with Crippen LogP contribution in [0.15, 0.2) is 53.4 Å². The van der Waals surface area contributed by atoms with Crippen LogP contribution >= 0.6 is 23.5 Å². The number of hydrogen-bond acceptors (Lipinski definition) is 5. The van der Waals surface area contributed by atoms with E-state index in [9.17, 15) is 9.59 Å². The number of hydrogen-bond donors (Lipinski definition) is 1. The van der Waals surface area contributed by atoms with Gasteiger partial charge < -0.3 is 10.2 Å². The first-order chi connectivity index (χ1) is 13.1. The van der Waals surface area contributed by atoms with E-state index in [2.05, 4.69) is 5.32 Å². The maximum atomic E-state index is 12.7. The topological polar surface area (TPSA) is 73.2 Å². The Hall–Kier alpha value is -2.43. The van der Waals surface area contributed by atoms with Crippen LogP contribution in [0.4, 0.5) is 5.69 Å². The molecular weight excluding hydrogens is 378 g/mol. The molecule has 0 radical (unpaired) electrons. The number of nitriles is 1. The second-order valence-electron chi connectivity index (χ2n) is 6.11. The molecule has 1 fully saturated rings. The monoisotopic (exact) mass is 397 g/mol. The van der Waals surface area contributed by atoms with Crippen molar-refractivity contribution in [3.8, 4) is 6.07 Å². The SMILES string of the molecule is Cc1ccccc1SCC(=O)N1CSCC1C(=O)Nc1ccc(C#N)cc1. The molecule has 0 saturated carbocycles. The maximum absolute atomic E-state index is 12.7. The summed E-state index contributed by atoms with van der Waals surface area (Å²) in [5.41, 5.74) is 2.30. The molecular formula is C20H19N3O2S2. The van der Waals surface area contributed by atoms with Gasteiger partial charge in [-0.15, -0.1) is 23.5 Å². The largest absolute Gasteiger partial charge is 0.324 e. The summed E-state index contributed by atoms with van der Waals surface area (Å²) in [5, 5.41) is 11.7. The molecule has 7 heteroatoms. The van der Waals surface area contributed by atoms with Crippen molar-refractivity contribution >= 4 is 41.0 Å². The predicted octanol–water partition coefficient (Wildman–Crippen LogP) is 3.50. The van der Waals surface area contributed by atoms with E-state index in [0.29, 0.717) is 28.6 Å². The Kier molecular flexibility index (Phi) is 6.43. The van der Waals surface area contributed by atoms with Crippen LogP contribution in [0.3, 0.4) is 0 Å². The van der Waals surface area contributed by atoms with Crippen molar-refractivity contribution in [1.82, 2.24) is 4.90 Å². The minimum Gasteiger partial charge on any atom is -0.324 e. The van der Waals surface area contributed by atoms with Crippen molar-refractivity contribution in [1.29, 1.82) is 5.26 Å². The number of carbonyl (C=O) groups excluding carboxylic acids is 2. The van der Waals surface area contributed by atoms with Crippen molar-refractivity contribution in [2.75, 3.05) is 22.7 Å². The molecule has 1 aliphatic rings. The first-order valence-corrected chi connectivity index (χ1v) is 10.6. The summed E-state index contributed by atoms with van der Waals surface area (Å²) in [6.45, 7) is 2.02. The van der Waals surface area contributed by atoms with Gasteiger partial charge in [0.25, 0.3) is 0 Å². The number of anilines is 1. The fourth-order valence-corrected chi connectivity index (χ4v) is 4.80. The fourth-order valence-electron chi connectivity index (χ4n) is 2.70. The molecule has 138 valence electrons. The standard InChI is InChI=1S/C20H19N3O2S2/c1-14-4-2-3-5-18(14)27-12-19(24)23-13-26-11-17(23)20(25)22-16-8-6-15(10-21)7-9-16/h2-9,17H,11-13H2,1H3,(H,22,25). The molecule has 2 aromatic carbocycles. The molecule has 3 rings (SSSR count). The van der Waals surface area contributed by atoms with Gasteiger partial charge in [0.2, 0.25) is 11.8 Å². The molecule has 1 aliphatic heterocycles. The number of benzene rings is 2. The average molecular weight is 398 g/mol. The van der Waals surface area contributed by atoms with Crippen molar-refractivity contribution in [3.63, 3.8) is 0 Å². The van der Waals surface area contributed by atoms with E-state index in [4.69, 9.17) is 5.26 Å². The van der Waals surface area contributed by atoms with Crippen LogP contribution in [0, 0.1) is 18.3 Å². The summed E-state index contributed by atoms with van der Waals surface area (Å²) in [7, 11) is 0. The molecule has 1 unspecified atom stereocenters. The number of aryl methyl sites for hydroxylation is 1. The van der Waals surface area contributed by atoms with Gasteiger partial charge in [-0.2, -0.15) is 5.26 Å². The van der Waals surface area contributed by atoms with Crippen molar-refractivity contribution in [2.45, 2.75) is 17.9 Å². The third-order valence-electron chi connectivity index (χ3n) is 4.23. The van der Waals surface area contributed by atoms with E-state index in [1.165, 1.54) is 11.8 Å². The average Bonchev–Trinajstić information content (AvgIpc) is 3.18. The first-order valence-electron chi connectivity index (χ1n) is 8.45. The van der Waals surface area contributed by atoms with Crippen LogP contribution in [0.1, 0.15) is 11.1 Å². The number of amides is 2. The zero-order chi connectivity index (χ0) is 19.2. The molecule has 5 nitrogen and oxygen atoms in total. The lowest BCUT2D eigenvalue weighted by atomic mass is 10.2. The highest BCUT2D eigenvalue weighted by atomic mass is 32.2. The van der Waals surface area contributed by atoms with Gasteiger partial charge in [0.05, 0.1) is 23.3 Å². The molecule has 1 N–H and O–H groups in total. The summed E-state index contributed by atoms with van der Waals surface area (Å²) in [6.07, 6.45) is 0. The Morgan fingerprint density at radius 1 is 1.26 bits per heavy atom. The molecule has 1 atom stereocenters. The minimum absolute atomic E-state index is 0.0340. The van der Waals surface area contributed by atoms with Gasteiger partial charge >= 0.3 is 0 Å². The Balaban J connectivity index is 1.60. The molecule has 1 saturated heterocycles. The van der Waals surface area contributed by atoms with E-state index >= 15 is 0 Å². The van der Waals surface area contributed by atoms with E-state index in [1.54, 1.807) is 40.9 Å². The molecule has 1 heterocycles. The van der Waals surface area contributed by atoms with Gasteiger partial charge in [-0.3, -0.25) is 9.59 Å². The van der Waals surface area contributed by atoms with Crippen LogP contribution in [-0.4, -0.2) is 40.1 Å². The smallest absolute Gasteiger partial charge is 0.248 e. The predicted molar refractivity (Wildman–Crippen MR) is 110 cm³/mol. The Labute approximate surface area is 167 Å². The van der Waals surface area contributed by atoms with Crippen LogP contribution in [0.2, 0.25) is 0 Å². The second kappa shape index (κ2) is 8.98. The van der Waals surface area contributed by atoms with Gasteiger partial charge in [0, 0.05) is 16.3 Å². The van der Waals surface area contributed by atoms with Gasteiger partial charge in [0.1, 0.15) is 6.04 Å². The molecule has 2 amide bonds. The molecule has 0 aromatic heterocycles. The first kappa shape index (κ1) is 19.3. The van der Waals surface area contributed by atoms with Crippen molar-refractivity contribution in [3.05, 3.63) is 59.7 Å². The molecule has 0 spiro atoms. The maximum Gasteiger partial charge on any atom is 0.248 e. The minimum atomic E-state index is -0.476. The summed E-state index contributed by atoms with van der Waals surface area (Å²) < 4.78 is 0. The van der Waals surface area contributed by atoms with Crippen molar-refractivity contribution < 1.29 is 9.59 Å². The quantitative estimate of drug-likeness (QED) is 0.782.